The maximum absolute atomic E-state index is 13.4. The van der Waals surface area contributed by atoms with Crippen molar-refractivity contribution >= 4 is 35.0 Å². The smallest absolute Gasteiger partial charge is 0.336 e. The number of carbonyl (C=O) groups excluding carboxylic acids is 2. The lowest BCUT2D eigenvalue weighted by Gasteiger charge is -2.36. The van der Waals surface area contributed by atoms with E-state index < -0.39 is 11.9 Å². The second kappa shape index (κ2) is 8.89. The van der Waals surface area contributed by atoms with Gasteiger partial charge >= 0.3 is 5.97 Å². The fourth-order valence-corrected chi connectivity index (χ4v) is 4.73. The Kier molecular flexibility index (Phi) is 6.22. The molecule has 6 heteroatoms. The van der Waals surface area contributed by atoms with Crippen LogP contribution in [0.5, 0.6) is 0 Å². The lowest BCUT2D eigenvalue weighted by atomic mass is 9.72. The lowest BCUT2D eigenvalue weighted by Crippen LogP contribution is -2.36. The second-order valence-corrected chi connectivity index (χ2v) is 8.71. The van der Waals surface area contributed by atoms with Gasteiger partial charge in [-0.2, -0.15) is 0 Å². The van der Waals surface area contributed by atoms with Crippen LogP contribution >= 0.6 is 23.2 Å². The topological polar surface area (TPSA) is 55.4 Å². The number of halogens is 2. The monoisotopic (exact) mass is 455 g/mol. The van der Waals surface area contributed by atoms with Gasteiger partial charge in [-0.15, -0.1) is 0 Å². The first kappa shape index (κ1) is 21.7. The van der Waals surface area contributed by atoms with Crippen molar-refractivity contribution < 1.29 is 14.3 Å². The second-order valence-electron chi connectivity index (χ2n) is 7.84. The van der Waals surface area contributed by atoms with Crippen LogP contribution in [0.3, 0.4) is 0 Å². The molecule has 0 fully saturated rings. The molecule has 31 heavy (non-hydrogen) atoms. The fraction of sp³-hybridized carbons (Fsp3) is 0.280. The Morgan fingerprint density at radius 2 is 1.58 bits per heavy atom. The van der Waals surface area contributed by atoms with E-state index in [2.05, 4.69) is 5.32 Å². The van der Waals surface area contributed by atoms with Crippen LogP contribution in [0.2, 0.25) is 10.0 Å². The molecule has 4 rings (SSSR count). The molecule has 4 nitrogen and oxygen atoms in total. The van der Waals surface area contributed by atoms with Crippen molar-refractivity contribution in [2.45, 2.75) is 38.5 Å². The van der Waals surface area contributed by atoms with Gasteiger partial charge in [-0.1, -0.05) is 47.5 Å². The number of ether oxygens (including phenoxy) is 1. The number of dihydropyridines is 1. The molecule has 2 aromatic rings. The zero-order chi connectivity index (χ0) is 22.1. The molecule has 1 aliphatic heterocycles. The zero-order valence-corrected chi connectivity index (χ0v) is 18.9. The van der Waals surface area contributed by atoms with Crippen molar-refractivity contribution in [1.29, 1.82) is 0 Å². The van der Waals surface area contributed by atoms with Crippen molar-refractivity contribution in [3.05, 3.63) is 92.2 Å². The van der Waals surface area contributed by atoms with Crippen molar-refractivity contribution in [3.8, 4) is 0 Å². The van der Waals surface area contributed by atoms with Gasteiger partial charge < -0.3 is 10.1 Å². The van der Waals surface area contributed by atoms with Gasteiger partial charge in [0.2, 0.25) is 0 Å². The Bertz CT molecular complexity index is 1080. The molecular weight excluding hydrogens is 433 g/mol. The molecule has 2 aromatic carbocycles. The lowest BCUT2D eigenvalue weighted by molar-refractivity contribution is -0.138. The van der Waals surface area contributed by atoms with Crippen LogP contribution in [0.25, 0.3) is 0 Å². The average Bonchev–Trinajstić information content (AvgIpc) is 2.74. The zero-order valence-electron chi connectivity index (χ0n) is 17.4. The van der Waals surface area contributed by atoms with Gasteiger partial charge in [0.1, 0.15) is 0 Å². The maximum Gasteiger partial charge on any atom is 0.336 e. The summed E-state index contributed by atoms with van der Waals surface area (Å²) in [5, 5.41) is 4.61. The highest BCUT2D eigenvalue weighted by Crippen LogP contribution is 2.45. The van der Waals surface area contributed by atoms with E-state index in [0.29, 0.717) is 39.7 Å². The van der Waals surface area contributed by atoms with Crippen LogP contribution in [0.1, 0.15) is 49.7 Å². The molecule has 160 valence electrons. The van der Waals surface area contributed by atoms with E-state index in [1.165, 1.54) is 0 Å². The highest BCUT2D eigenvalue weighted by molar-refractivity contribution is 6.30. The number of nitrogens with one attached hydrogen (secondary N) is 1. The number of Topliss-reactive ketones (excluding diaryl/α,β-unsaturated/α-hetero) is 1. The van der Waals surface area contributed by atoms with Gasteiger partial charge in [0.15, 0.2) is 5.78 Å². The summed E-state index contributed by atoms with van der Waals surface area (Å²) in [6.07, 6.45) is 1.06. The highest BCUT2D eigenvalue weighted by atomic mass is 35.5. The van der Waals surface area contributed by atoms with Gasteiger partial charge in [0, 0.05) is 39.4 Å². The average molecular weight is 456 g/mol. The molecule has 0 unspecified atom stereocenters. The summed E-state index contributed by atoms with van der Waals surface area (Å²) in [5.41, 5.74) is 4.61. The summed E-state index contributed by atoms with van der Waals surface area (Å²) < 4.78 is 5.33. The van der Waals surface area contributed by atoms with Gasteiger partial charge in [0.05, 0.1) is 12.2 Å². The maximum atomic E-state index is 13.4. The standard InChI is InChI=1S/C25H23Cl2NO3/c1-3-31-25(30)22-14(2)28-20-12-17(15-4-8-18(26)9-5-15)13-21(29)24(20)23(22)16-6-10-19(27)11-7-16/h4-11,17,23,28H,3,12-13H2,1-2H3/t17-,23-/m1/s1. The van der Waals surface area contributed by atoms with Crippen LogP contribution < -0.4 is 5.32 Å². The molecule has 0 amide bonds. The summed E-state index contributed by atoms with van der Waals surface area (Å²) >= 11 is 12.1. The van der Waals surface area contributed by atoms with E-state index in [0.717, 1.165) is 16.8 Å². The molecular formula is C25H23Cl2NO3. The first-order chi connectivity index (χ1) is 14.9. The van der Waals surface area contributed by atoms with Crippen molar-refractivity contribution in [3.63, 3.8) is 0 Å². The number of carbonyl (C=O) groups is 2. The van der Waals surface area contributed by atoms with Gasteiger partial charge in [-0.3, -0.25) is 4.79 Å². The minimum atomic E-state index is -0.480. The molecule has 2 aliphatic rings. The number of rotatable bonds is 4. The van der Waals surface area contributed by atoms with Crippen LogP contribution in [-0.2, 0) is 14.3 Å². The minimum Gasteiger partial charge on any atom is -0.463 e. The van der Waals surface area contributed by atoms with E-state index in [1.54, 1.807) is 19.1 Å². The Morgan fingerprint density at radius 3 is 2.16 bits per heavy atom. The third kappa shape index (κ3) is 4.28. The number of hydrogen-bond acceptors (Lipinski definition) is 4. The fourth-order valence-electron chi connectivity index (χ4n) is 4.48. The largest absolute Gasteiger partial charge is 0.463 e. The predicted molar refractivity (Wildman–Crippen MR) is 122 cm³/mol. The molecule has 0 spiro atoms. The number of allylic oxidation sites excluding steroid dienone is 3. The quantitative estimate of drug-likeness (QED) is 0.581. The third-order valence-electron chi connectivity index (χ3n) is 5.87. The van der Waals surface area contributed by atoms with Crippen LogP contribution in [0.15, 0.2) is 71.1 Å². The number of esters is 1. The van der Waals surface area contributed by atoms with Crippen molar-refractivity contribution in [1.82, 2.24) is 5.32 Å². The Balaban J connectivity index is 1.78. The summed E-state index contributed by atoms with van der Waals surface area (Å²) in [6, 6.07) is 14.9. The van der Waals surface area contributed by atoms with E-state index in [4.69, 9.17) is 27.9 Å². The SMILES string of the molecule is CCOC(=O)C1=C(C)NC2=C(C(=O)C[C@H](c3ccc(Cl)cc3)C2)[C@@H]1c1ccc(Cl)cc1. The van der Waals surface area contributed by atoms with E-state index in [9.17, 15) is 9.59 Å². The van der Waals surface area contributed by atoms with Crippen LogP contribution in [0, 0.1) is 0 Å². The Hall–Kier alpha value is -2.56. The Morgan fingerprint density at radius 1 is 1.00 bits per heavy atom. The molecule has 1 heterocycles. The normalized spacial score (nSPS) is 21.0. The predicted octanol–water partition coefficient (Wildman–Crippen LogP) is 5.92. The molecule has 0 radical (unpaired) electrons. The van der Waals surface area contributed by atoms with Gasteiger partial charge in [-0.25, -0.2) is 4.79 Å². The molecule has 0 bridgehead atoms. The summed E-state index contributed by atoms with van der Waals surface area (Å²) in [4.78, 5) is 26.3. The van der Waals surface area contributed by atoms with Crippen molar-refractivity contribution in [2.75, 3.05) is 6.61 Å². The van der Waals surface area contributed by atoms with E-state index in [-0.39, 0.29) is 18.3 Å². The van der Waals surface area contributed by atoms with E-state index in [1.807, 2.05) is 43.3 Å². The molecule has 0 aromatic heterocycles. The minimum absolute atomic E-state index is 0.0305. The van der Waals surface area contributed by atoms with E-state index >= 15 is 0 Å². The third-order valence-corrected chi connectivity index (χ3v) is 6.37. The van der Waals surface area contributed by atoms with Crippen molar-refractivity contribution in [2.24, 2.45) is 0 Å². The number of ketones is 1. The number of hydrogen-bond donors (Lipinski definition) is 1. The summed E-state index contributed by atoms with van der Waals surface area (Å²) in [7, 11) is 0. The Labute approximate surface area is 191 Å². The van der Waals surface area contributed by atoms with Gasteiger partial charge in [-0.05, 0) is 61.6 Å². The first-order valence-corrected chi connectivity index (χ1v) is 11.1. The van der Waals surface area contributed by atoms with Crippen LogP contribution in [0.4, 0.5) is 0 Å². The summed E-state index contributed by atoms with van der Waals surface area (Å²) in [6.45, 7) is 3.89. The number of benzene rings is 2. The molecule has 1 N–H and O–H groups in total. The van der Waals surface area contributed by atoms with Crippen LogP contribution in [-0.4, -0.2) is 18.4 Å². The molecule has 0 saturated heterocycles. The molecule has 1 aliphatic carbocycles. The molecule has 2 atom stereocenters. The summed E-state index contributed by atoms with van der Waals surface area (Å²) in [5.74, 6) is -0.806. The molecule has 0 saturated carbocycles. The first-order valence-electron chi connectivity index (χ1n) is 10.3. The van der Waals surface area contributed by atoms with Gasteiger partial charge in [0.25, 0.3) is 0 Å². The highest BCUT2D eigenvalue weighted by Gasteiger charge is 2.41.